The molecule has 37 heavy (non-hydrogen) atoms. The van der Waals surface area contributed by atoms with Gasteiger partial charge in [-0.2, -0.15) is 0 Å². The van der Waals surface area contributed by atoms with Crippen molar-refractivity contribution in [3.05, 3.63) is 36.4 Å². The number of nitrogens with one attached hydrogen (secondary N) is 5. The van der Waals surface area contributed by atoms with Gasteiger partial charge in [-0.1, -0.05) is 18.6 Å². The van der Waals surface area contributed by atoms with E-state index in [-0.39, 0.29) is 17.9 Å². The number of amides is 2. The van der Waals surface area contributed by atoms with Crippen LogP contribution in [0.3, 0.4) is 0 Å². The zero-order valence-electron chi connectivity index (χ0n) is 21.1. The Morgan fingerprint density at radius 1 is 1.19 bits per heavy atom. The predicted octanol–water partition coefficient (Wildman–Crippen LogP) is 3.68. The van der Waals surface area contributed by atoms with Crippen molar-refractivity contribution in [2.75, 3.05) is 36.1 Å². The average molecular weight is 508 g/mol. The van der Waals surface area contributed by atoms with Crippen LogP contribution in [0.1, 0.15) is 56.9 Å². The van der Waals surface area contributed by atoms with Crippen LogP contribution >= 0.6 is 0 Å². The summed E-state index contributed by atoms with van der Waals surface area (Å²) in [5.74, 6) is 1.23. The number of H-pyrrole nitrogens is 1. The van der Waals surface area contributed by atoms with Crippen LogP contribution in [-0.2, 0) is 9.53 Å². The van der Waals surface area contributed by atoms with E-state index in [1.165, 1.54) is 7.11 Å². The minimum Gasteiger partial charge on any atom is -0.453 e. The van der Waals surface area contributed by atoms with Gasteiger partial charge in [-0.15, -0.1) is 5.10 Å². The summed E-state index contributed by atoms with van der Waals surface area (Å²) in [5, 5.41) is 21.3. The first-order chi connectivity index (χ1) is 18.0. The molecule has 1 aromatic carbocycles. The number of nitrogens with zero attached hydrogens (tertiary/aromatic N) is 4. The quantitative estimate of drug-likeness (QED) is 0.359. The number of aromatic amines is 1. The topological polar surface area (TPSA) is 151 Å². The molecule has 2 atom stereocenters. The van der Waals surface area contributed by atoms with Gasteiger partial charge in [0.1, 0.15) is 5.82 Å². The molecular formula is C25H33N9O3. The van der Waals surface area contributed by atoms with E-state index in [1.807, 2.05) is 23.9 Å². The molecule has 1 fully saturated rings. The Kier molecular flexibility index (Phi) is 7.35. The molecule has 0 aliphatic carbocycles. The monoisotopic (exact) mass is 507 g/mol. The maximum atomic E-state index is 13.0. The van der Waals surface area contributed by atoms with Crippen LogP contribution in [0.15, 0.2) is 30.6 Å². The Hall–Kier alpha value is -3.93. The van der Waals surface area contributed by atoms with E-state index in [0.29, 0.717) is 23.2 Å². The summed E-state index contributed by atoms with van der Waals surface area (Å²) >= 11 is 0. The van der Waals surface area contributed by atoms with Crippen molar-refractivity contribution in [1.29, 1.82) is 0 Å². The Bertz CT molecular complexity index is 1250. The number of anilines is 3. The molecule has 4 heterocycles. The van der Waals surface area contributed by atoms with Crippen LogP contribution in [0.2, 0.25) is 0 Å². The SMILES string of the molecule is COC(=O)Nc1ccc2c(c1)NC(=O)[C@H](C)CCC[C@H](Nc1cn(C3CCNCC3)nn1)c1ncc-2[nH]1. The minimum absolute atomic E-state index is 0.0776. The molecule has 0 saturated carbocycles. The fraction of sp³-hybridized carbons (Fsp3) is 0.480. The number of piperidine rings is 1. The third-order valence-electron chi connectivity index (χ3n) is 7.02. The number of hydrogen-bond donors (Lipinski definition) is 5. The highest BCUT2D eigenvalue weighted by atomic mass is 16.5. The number of methoxy groups -OCH3 is 1. The molecule has 2 bridgehead atoms. The molecule has 12 nitrogen and oxygen atoms in total. The van der Waals surface area contributed by atoms with E-state index in [4.69, 9.17) is 4.74 Å². The van der Waals surface area contributed by atoms with E-state index in [2.05, 4.69) is 41.5 Å². The molecule has 3 aromatic rings. The second kappa shape index (κ2) is 11.0. The molecule has 2 aliphatic heterocycles. The van der Waals surface area contributed by atoms with Crippen molar-refractivity contribution in [1.82, 2.24) is 30.3 Å². The highest BCUT2D eigenvalue weighted by molar-refractivity contribution is 5.98. The molecule has 196 valence electrons. The predicted molar refractivity (Wildman–Crippen MR) is 139 cm³/mol. The Morgan fingerprint density at radius 3 is 2.84 bits per heavy atom. The Labute approximate surface area is 215 Å². The molecule has 5 rings (SSSR count). The third-order valence-corrected chi connectivity index (χ3v) is 7.02. The Balaban J connectivity index is 1.42. The summed E-state index contributed by atoms with van der Waals surface area (Å²) in [6.45, 7) is 3.89. The lowest BCUT2D eigenvalue weighted by atomic mass is 9.99. The first kappa shape index (κ1) is 24.8. The largest absolute Gasteiger partial charge is 0.453 e. The van der Waals surface area contributed by atoms with Crippen molar-refractivity contribution in [3.8, 4) is 11.3 Å². The lowest BCUT2D eigenvalue weighted by Crippen LogP contribution is -2.29. The number of aromatic nitrogens is 5. The minimum atomic E-state index is -0.581. The van der Waals surface area contributed by atoms with Gasteiger partial charge in [0.25, 0.3) is 0 Å². The second-order valence-corrected chi connectivity index (χ2v) is 9.64. The molecular weight excluding hydrogens is 474 g/mol. The molecule has 5 N–H and O–H groups in total. The first-order valence-electron chi connectivity index (χ1n) is 12.7. The normalized spacial score (nSPS) is 20.6. The zero-order chi connectivity index (χ0) is 25.8. The maximum Gasteiger partial charge on any atom is 0.411 e. The summed E-state index contributed by atoms with van der Waals surface area (Å²) < 4.78 is 6.65. The standard InChI is InChI=1S/C25H33N9O3/c1-15-4-3-5-19(29-22-14-34(33-32-22)17-8-10-26-11-9-17)23-27-13-21(30-23)18-7-6-16(28-25(36)37-2)12-20(18)31-24(15)35/h6-7,12-15,17,19,26,29H,3-5,8-11H2,1-2H3,(H,27,30)(H,28,36)(H,31,35)/t15-,19+/m1/s1. The second-order valence-electron chi connectivity index (χ2n) is 9.64. The van der Waals surface area contributed by atoms with Gasteiger partial charge >= 0.3 is 6.09 Å². The maximum absolute atomic E-state index is 13.0. The first-order valence-corrected chi connectivity index (χ1v) is 12.7. The van der Waals surface area contributed by atoms with Gasteiger partial charge in [-0.05, 0) is 57.0 Å². The summed E-state index contributed by atoms with van der Waals surface area (Å²) in [6.07, 6.45) is 7.53. The van der Waals surface area contributed by atoms with Crippen LogP contribution in [0.4, 0.5) is 22.0 Å². The van der Waals surface area contributed by atoms with Crippen molar-refractivity contribution in [2.45, 2.75) is 51.1 Å². The van der Waals surface area contributed by atoms with Gasteiger partial charge in [-0.25, -0.2) is 14.5 Å². The van der Waals surface area contributed by atoms with E-state index < -0.39 is 6.09 Å². The summed E-state index contributed by atoms with van der Waals surface area (Å²) in [5.41, 5.74) is 2.62. The summed E-state index contributed by atoms with van der Waals surface area (Å²) in [7, 11) is 1.30. The fourth-order valence-corrected chi connectivity index (χ4v) is 4.84. The molecule has 2 aliphatic rings. The van der Waals surface area contributed by atoms with Crippen molar-refractivity contribution >= 4 is 29.2 Å². The molecule has 0 radical (unpaired) electrons. The number of carbonyl (C=O) groups excluding carboxylic acids is 2. The van der Waals surface area contributed by atoms with Crippen LogP contribution in [0.5, 0.6) is 0 Å². The van der Waals surface area contributed by atoms with Crippen molar-refractivity contribution in [3.63, 3.8) is 0 Å². The van der Waals surface area contributed by atoms with E-state index in [0.717, 1.165) is 62.3 Å². The van der Waals surface area contributed by atoms with Gasteiger partial charge in [0.15, 0.2) is 5.82 Å². The lowest BCUT2D eigenvalue weighted by Gasteiger charge is -2.22. The number of hydrogen-bond acceptors (Lipinski definition) is 8. The van der Waals surface area contributed by atoms with Gasteiger partial charge in [0, 0.05) is 17.2 Å². The van der Waals surface area contributed by atoms with Crippen LogP contribution in [0, 0.1) is 5.92 Å². The Morgan fingerprint density at radius 2 is 2.03 bits per heavy atom. The zero-order valence-corrected chi connectivity index (χ0v) is 21.1. The lowest BCUT2D eigenvalue weighted by molar-refractivity contribution is -0.119. The van der Waals surface area contributed by atoms with Gasteiger partial charge in [0.2, 0.25) is 5.91 Å². The number of imidazole rings is 1. The highest BCUT2D eigenvalue weighted by Crippen LogP contribution is 2.33. The van der Waals surface area contributed by atoms with Gasteiger partial charge in [0.05, 0.1) is 43.0 Å². The van der Waals surface area contributed by atoms with Crippen LogP contribution in [-0.4, -0.2) is 57.2 Å². The molecule has 0 unspecified atom stereocenters. The van der Waals surface area contributed by atoms with Crippen molar-refractivity contribution < 1.29 is 14.3 Å². The number of rotatable bonds is 4. The number of ether oxygens (including phenoxy) is 1. The smallest absolute Gasteiger partial charge is 0.411 e. The van der Waals surface area contributed by atoms with Crippen molar-refractivity contribution in [2.24, 2.45) is 5.92 Å². The number of fused-ring (bicyclic) bond motifs is 4. The van der Waals surface area contributed by atoms with Crippen LogP contribution < -0.4 is 21.3 Å². The molecule has 2 aromatic heterocycles. The van der Waals surface area contributed by atoms with Gasteiger partial charge < -0.3 is 25.7 Å². The van der Waals surface area contributed by atoms with E-state index >= 15 is 0 Å². The molecule has 12 heteroatoms. The van der Waals surface area contributed by atoms with Crippen LogP contribution in [0.25, 0.3) is 11.3 Å². The molecule has 2 amide bonds. The van der Waals surface area contributed by atoms with E-state index in [1.54, 1.807) is 18.3 Å². The third kappa shape index (κ3) is 5.74. The van der Waals surface area contributed by atoms with E-state index in [9.17, 15) is 9.59 Å². The fourth-order valence-electron chi connectivity index (χ4n) is 4.84. The number of benzene rings is 1. The molecule has 1 saturated heterocycles. The highest BCUT2D eigenvalue weighted by Gasteiger charge is 2.23. The van der Waals surface area contributed by atoms with Gasteiger partial charge in [-0.3, -0.25) is 10.1 Å². The molecule has 0 spiro atoms. The average Bonchev–Trinajstić information content (AvgIpc) is 3.58. The summed E-state index contributed by atoms with van der Waals surface area (Å²) in [6, 6.07) is 5.54. The summed E-state index contributed by atoms with van der Waals surface area (Å²) in [4.78, 5) is 32.8. The number of carbonyl (C=O) groups is 2.